The van der Waals surface area contributed by atoms with Gasteiger partial charge in [-0.3, -0.25) is 0 Å². The molecule has 4 rings (SSSR count). The first-order valence-corrected chi connectivity index (χ1v) is 10.2. The van der Waals surface area contributed by atoms with Gasteiger partial charge in [0, 0.05) is 38.0 Å². The summed E-state index contributed by atoms with van der Waals surface area (Å²) in [6.45, 7) is 7.59. The van der Waals surface area contributed by atoms with Gasteiger partial charge in [-0.1, -0.05) is 67.4 Å². The Bertz CT molecular complexity index is 977. The molecule has 0 radical (unpaired) electrons. The monoisotopic (exact) mass is 369 g/mol. The Morgan fingerprint density at radius 1 is 0.929 bits per heavy atom. The van der Waals surface area contributed by atoms with Crippen LogP contribution in [0.25, 0.3) is 10.8 Å². The molecule has 0 atom stereocenters. The molecule has 0 amide bonds. The molecule has 0 spiro atoms. The van der Waals surface area contributed by atoms with Crippen LogP contribution in [0.2, 0.25) is 0 Å². The predicted molar refractivity (Wildman–Crippen MR) is 118 cm³/mol. The Balaban J connectivity index is 1.55. The Hall–Kier alpha value is -2.83. The van der Waals surface area contributed by atoms with Gasteiger partial charge in [-0.15, -0.1) is 0 Å². The van der Waals surface area contributed by atoms with Crippen LogP contribution in [-0.4, -0.2) is 42.6 Å². The van der Waals surface area contributed by atoms with Crippen molar-refractivity contribution < 1.29 is 0 Å². The van der Waals surface area contributed by atoms with Gasteiger partial charge in [-0.2, -0.15) is 0 Å². The van der Waals surface area contributed by atoms with E-state index in [9.17, 15) is 0 Å². The van der Waals surface area contributed by atoms with Crippen LogP contribution in [0.3, 0.4) is 0 Å². The Kier molecular flexibility index (Phi) is 5.89. The minimum Gasteiger partial charge on any atom is -0.353 e. The van der Waals surface area contributed by atoms with Crippen molar-refractivity contribution in [1.82, 2.24) is 9.88 Å². The second kappa shape index (κ2) is 8.91. The number of pyridine rings is 1. The van der Waals surface area contributed by atoms with E-state index >= 15 is 0 Å². The number of rotatable bonds is 4. The van der Waals surface area contributed by atoms with Crippen molar-refractivity contribution in [2.75, 3.05) is 37.6 Å². The van der Waals surface area contributed by atoms with Crippen molar-refractivity contribution in [3.8, 4) is 11.8 Å². The number of nitrogens with zero attached hydrogens (tertiary/aromatic N) is 3. The summed E-state index contributed by atoms with van der Waals surface area (Å²) in [5.74, 6) is 7.71. The van der Waals surface area contributed by atoms with Crippen molar-refractivity contribution in [2.24, 2.45) is 0 Å². The first kappa shape index (κ1) is 18.5. The second-order valence-corrected chi connectivity index (χ2v) is 7.26. The summed E-state index contributed by atoms with van der Waals surface area (Å²) >= 11 is 0. The molecule has 3 nitrogen and oxygen atoms in total. The molecule has 2 heterocycles. The van der Waals surface area contributed by atoms with E-state index in [1.807, 2.05) is 0 Å². The van der Waals surface area contributed by atoms with Crippen LogP contribution in [0.4, 0.5) is 5.82 Å². The van der Waals surface area contributed by atoms with E-state index in [1.54, 1.807) is 0 Å². The van der Waals surface area contributed by atoms with Crippen LogP contribution in [0, 0.1) is 11.8 Å². The zero-order valence-corrected chi connectivity index (χ0v) is 16.6. The highest BCUT2D eigenvalue weighted by atomic mass is 15.3. The fraction of sp³-hybridized carbons (Fsp3) is 0.320. The van der Waals surface area contributed by atoms with E-state index < -0.39 is 0 Å². The zero-order valence-electron chi connectivity index (χ0n) is 16.6. The van der Waals surface area contributed by atoms with Crippen LogP contribution in [0.15, 0.2) is 60.7 Å². The lowest BCUT2D eigenvalue weighted by molar-refractivity contribution is 0.271. The van der Waals surface area contributed by atoms with Gasteiger partial charge in [0.05, 0.1) is 0 Å². The van der Waals surface area contributed by atoms with Gasteiger partial charge in [0.15, 0.2) is 0 Å². The van der Waals surface area contributed by atoms with Gasteiger partial charge in [-0.25, -0.2) is 4.98 Å². The summed E-state index contributed by atoms with van der Waals surface area (Å²) in [5, 5.41) is 2.44. The molecule has 1 saturated heterocycles. The number of hydrogen-bond acceptors (Lipinski definition) is 3. The lowest BCUT2D eigenvalue weighted by Gasteiger charge is -2.35. The third kappa shape index (κ3) is 4.35. The highest BCUT2D eigenvalue weighted by Crippen LogP contribution is 2.26. The molecule has 1 aliphatic rings. The highest BCUT2D eigenvalue weighted by molar-refractivity contribution is 5.93. The van der Waals surface area contributed by atoms with Crippen molar-refractivity contribution in [3.63, 3.8) is 0 Å². The van der Waals surface area contributed by atoms with E-state index in [4.69, 9.17) is 4.98 Å². The van der Waals surface area contributed by atoms with Gasteiger partial charge in [0.25, 0.3) is 0 Å². The summed E-state index contributed by atoms with van der Waals surface area (Å²) in [7, 11) is 0. The highest BCUT2D eigenvalue weighted by Gasteiger charge is 2.19. The molecule has 0 N–H and O–H groups in total. The molecule has 3 aromatic rings. The third-order valence-electron chi connectivity index (χ3n) is 5.44. The van der Waals surface area contributed by atoms with Gasteiger partial charge in [-0.05, 0) is 35.9 Å². The standard InChI is InChI=1S/C25H27N3/c1-2-27-16-18-28(19-17-27)25-24-15-9-7-13-22(24)20-23(26-25)14-8-6-12-21-10-4-3-5-11-21/h3-5,7,9-11,13,15,20H,2,6,12,16-19H2,1H3. The van der Waals surface area contributed by atoms with Crippen molar-refractivity contribution in [3.05, 3.63) is 71.9 Å². The maximum atomic E-state index is 4.95. The number of fused-ring (bicyclic) bond motifs is 1. The van der Waals surface area contributed by atoms with E-state index in [2.05, 4.69) is 89.2 Å². The van der Waals surface area contributed by atoms with Crippen LogP contribution < -0.4 is 4.90 Å². The third-order valence-corrected chi connectivity index (χ3v) is 5.44. The van der Waals surface area contributed by atoms with Gasteiger partial charge in [0.1, 0.15) is 11.5 Å². The Labute approximate surface area is 168 Å². The minimum atomic E-state index is 0.850. The minimum absolute atomic E-state index is 0.850. The summed E-state index contributed by atoms with van der Waals surface area (Å²) in [5.41, 5.74) is 2.21. The number of aromatic nitrogens is 1. The Morgan fingerprint density at radius 3 is 2.46 bits per heavy atom. The zero-order chi connectivity index (χ0) is 19.2. The van der Waals surface area contributed by atoms with Crippen LogP contribution in [0.5, 0.6) is 0 Å². The summed E-state index contributed by atoms with van der Waals surface area (Å²) in [6.07, 6.45) is 1.83. The van der Waals surface area contributed by atoms with E-state index in [0.29, 0.717) is 0 Å². The molecular formula is C25H27N3. The maximum Gasteiger partial charge on any atom is 0.138 e. The molecule has 0 unspecified atom stereocenters. The molecule has 28 heavy (non-hydrogen) atoms. The van der Waals surface area contributed by atoms with Crippen molar-refractivity contribution >= 4 is 16.6 Å². The fourth-order valence-electron chi connectivity index (χ4n) is 3.77. The molecular weight excluding hydrogens is 342 g/mol. The number of benzene rings is 2. The number of piperazine rings is 1. The summed E-state index contributed by atoms with van der Waals surface area (Å²) in [4.78, 5) is 9.87. The topological polar surface area (TPSA) is 19.4 Å². The lowest BCUT2D eigenvalue weighted by atomic mass is 10.1. The maximum absolute atomic E-state index is 4.95. The van der Waals surface area contributed by atoms with E-state index in [0.717, 1.165) is 57.1 Å². The largest absolute Gasteiger partial charge is 0.353 e. The molecule has 1 aliphatic heterocycles. The molecule has 0 bridgehead atoms. The van der Waals surface area contributed by atoms with Gasteiger partial charge in [0.2, 0.25) is 0 Å². The Morgan fingerprint density at radius 2 is 1.68 bits per heavy atom. The average molecular weight is 370 g/mol. The average Bonchev–Trinajstić information content (AvgIpc) is 2.77. The van der Waals surface area contributed by atoms with Crippen LogP contribution >= 0.6 is 0 Å². The first-order valence-electron chi connectivity index (χ1n) is 10.2. The molecule has 0 saturated carbocycles. The quantitative estimate of drug-likeness (QED) is 0.637. The molecule has 3 heteroatoms. The molecule has 1 aromatic heterocycles. The summed E-state index contributed by atoms with van der Waals surface area (Å²) < 4.78 is 0. The predicted octanol–water partition coefficient (Wildman–Crippen LogP) is 4.36. The number of hydrogen-bond donors (Lipinski definition) is 0. The smallest absolute Gasteiger partial charge is 0.138 e. The van der Waals surface area contributed by atoms with Gasteiger partial charge >= 0.3 is 0 Å². The second-order valence-electron chi connectivity index (χ2n) is 7.26. The lowest BCUT2D eigenvalue weighted by Crippen LogP contribution is -2.46. The summed E-state index contributed by atoms with van der Waals surface area (Å²) in [6, 6.07) is 21.2. The van der Waals surface area contributed by atoms with E-state index in [-0.39, 0.29) is 0 Å². The van der Waals surface area contributed by atoms with Crippen LogP contribution in [0.1, 0.15) is 24.6 Å². The molecule has 2 aromatic carbocycles. The SMILES string of the molecule is CCN1CCN(c2nc(C#CCCc3ccccc3)cc3ccccc23)CC1. The molecule has 142 valence electrons. The molecule has 1 fully saturated rings. The number of anilines is 1. The normalized spacial score (nSPS) is 14.7. The number of aryl methyl sites for hydroxylation is 1. The fourth-order valence-corrected chi connectivity index (χ4v) is 3.77. The van der Waals surface area contributed by atoms with Crippen molar-refractivity contribution in [2.45, 2.75) is 19.8 Å². The van der Waals surface area contributed by atoms with Gasteiger partial charge < -0.3 is 9.80 Å². The number of likely N-dealkylation sites (N-methyl/N-ethyl adjacent to an activating group) is 1. The van der Waals surface area contributed by atoms with Crippen molar-refractivity contribution in [1.29, 1.82) is 0 Å². The van der Waals surface area contributed by atoms with Crippen LogP contribution in [-0.2, 0) is 6.42 Å². The first-order chi connectivity index (χ1) is 13.8. The van der Waals surface area contributed by atoms with E-state index in [1.165, 1.54) is 16.3 Å². The molecule has 0 aliphatic carbocycles.